The topological polar surface area (TPSA) is 52.6 Å². The molecule has 0 bridgehead atoms. The fourth-order valence-electron chi connectivity index (χ4n) is 2.50. The molecular weight excluding hydrogens is 240 g/mol. The van der Waals surface area contributed by atoms with Crippen LogP contribution in [0.1, 0.15) is 24.8 Å². The van der Waals surface area contributed by atoms with Crippen LogP contribution in [0.3, 0.4) is 0 Å². The van der Waals surface area contributed by atoms with Crippen LogP contribution in [0.2, 0.25) is 0 Å². The van der Waals surface area contributed by atoms with Crippen molar-refractivity contribution in [2.75, 3.05) is 18.1 Å². The highest BCUT2D eigenvalue weighted by Crippen LogP contribution is 2.25. The molecule has 19 heavy (non-hydrogen) atoms. The van der Waals surface area contributed by atoms with Crippen molar-refractivity contribution >= 4 is 11.6 Å². The number of carbonyl (C=O) groups is 1. The first-order valence-electron chi connectivity index (χ1n) is 7.00. The van der Waals surface area contributed by atoms with Crippen molar-refractivity contribution in [3.05, 3.63) is 29.8 Å². The molecule has 1 aromatic rings. The number of nitrogens with zero attached hydrogens (tertiary/aromatic N) is 1. The quantitative estimate of drug-likeness (QED) is 0.838. The lowest BCUT2D eigenvalue weighted by Crippen LogP contribution is -2.24. The van der Waals surface area contributed by atoms with Crippen LogP contribution in [-0.4, -0.2) is 30.2 Å². The number of hydrogen-bond donors (Lipinski definition) is 2. The zero-order valence-corrected chi connectivity index (χ0v) is 11.0. The van der Waals surface area contributed by atoms with E-state index in [0.717, 1.165) is 12.2 Å². The lowest BCUT2D eigenvalue weighted by molar-refractivity contribution is -0.117. The Morgan fingerprint density at radius 1 is 1.26 bits per heavy atom. The number of anilines is 1. The molecule has 1 aliphatic heterocycles. The number of rotatable bonds is 5. The van der Waals surface area contributed by atoms with Crippen molar-refractivity contribution in [3.8, 4) is 0 Å². The molecule has 0 aromatic heterocycles. The molecular formula is C15H20N2O2. The maximum Gasteiger partial charge on any atom is 0.227 e. The van der Waals surface area contributed by atoms with Crippen LogP contribution >= 0.6 is 0 Å². The summed E-state index contributed by atoms with van der Waals surface area (Å²) in [6, 6.07) is 8.86. The van der Waals surface area contributed by atoms with Crippen molar-refractivity contribution in [2.45, 2.75) is 31.8 Å². The van der Waals surface area contributed by atoms with Crippen LogP contribution in [0, 0.1) is 5.92 Å². The monoisotopic (exact) mass is 260 g/mol. The molecule has 102 valence electrons. The minimum atomic E-state index is 0.0868. The Balaban J connectivity index is 1.63. The first-order valence-corrected chi connectivity index (χ1v) is 7.00. The second-order valence-electron chi connectivity index (χ2n) is 5.58. The summed E-state index contributed by atoms with van der Waals surface area (Å²) >= 11 is 0. The van der Waals surface area contributed by atoms with Crippen LogP contribution in [0.4, 0.5) is 5.69 Å². The molecule has 0 radical (unpaired) electrons. The number of nitrogens with one attached hydrogen (secondary N) is 1. The summed E-state index contributed by atoms with van der Waals surface area (Å²) in [5.74, 6) is 0.201. The van der Waals surface area contributed by atoms with E-state index >= 15 is 0 Å². The van der Waals surface area contributed by atoms with Gasteiger partial charge in [-0.25, -0.2) is 0 Å². The highest BCUT2D eigenvalue weighted by molar-refractivity contribution is 5.95. The normalized spacial score (nSPS) is 23.1. The van der Waals surface area contributed by atoms with Gasteiger partial charge in [-0.2, -0.15) is 0 Å². The second kappa shape index (κ2) is 5.31. The van der Waals surface area contributed by atoms with E-state index in [1.165, 1.54) is 18.4 Å². The minimum Gasteiger partial charge on any atom is -0.396 e. The van der Waals surface area contributed by atoms with Gasteiger partial charge >= 0.3 is 0 Å². The third kappa shape index (κ3) is 2.96. The summed E-state index contributed by atoms with van der Waals surface area (Å²) in [7, 11) is 0. The van der Waals surface area contributed by atoms with Gasteiger partial charge in [-0.3, -0.25) is 4.79 Å². The first-order chi connectivity index (χ1) is 9.26. The molecule has 4 nitrogen and oxygen atoms in total. The predicted molar refractivity (Wildman–Crippen MR) is 73.8 cm³/mol. The van der Waals surface area contributed by atoms with Crippen molar-refractivity contribution in [2.24, 2.45) is 5.92 Å². The number of hydrogen-bond acceptors (Lipinski definition) is 3. The van der Waals surface area contributed by atoms with Gasteiger partial charge in [-0.05, 0) is 30.5 Å². The van der Waals surface area contributed by atoms with Gasteiger partial charge in [-0.15, -0.1) is 0 Å². The van der Waals surface area contributed by atoms with Crippen LogP contribution in [0.5, 0.6) is 0 Å². The zero-order valence-electron chi connectivity index (χ0n) is 11.0. The van der Waals surface area contributed by atoms with Gasteiger partial charge in [0.25, 0.3) is 0 Å². The fourth-order valence-corrected chi connectivity index (χ4v) is 2.50. The van der Waals surface area contributed by atoms with E-state index in [1.54, 1.807) is 4.90 Å². The van der Waals surface area contributed by atoms with E-state index in [4.69, 9.17) is 5.11 Å². The SMILES string of the molecule is O=C1CC(CO)CN1c1ccc(CNC2CC2)cc1. The van der Waals surface area contributed by atoms with Crippen molar-refractivity contribution < 1.29 is 9.90 Å². The fraction of sp³-hybridized carbons (Fsp3) is 0.533. The van der Waals surface area contributed by atoms with E-state index in [9.17, 15) is 4.79 Å². The van der Waals surface area contributed by atoms with Crippen LogP contribution < -0.4 is 10.2 Å². The number of benzene rings is 1. The zero-order chi connectivity index (χ0) is 13.2. The molecule has 1 saturated heterocycles. The van der Waals surface area contributed by atoms with Gasteiger partial charge in [0.05, 0.1) is 0 Å². The number of aliphatic hydroxyl groups is 1. The largest absolute Gasteiger partial charge is 0.396 e. The Labute approximate surface area is 113 Å². The molecule has 0 spiro atoms. The predicted octanol–water partition coefficient (Wildman–Crippen LogP) is 1.28. The van der Waals surface area contributed by atoms with Gasteiger partial charge < -0.3 is 15.3 Å². The molecule has 2 fully saturated rings. The maximum absolute atomic E-state index is 11.9. The summed E-state index contributed by atoms with van der Waals surface area (Å²) in [4.78, 5) is 13.6. The number of carbonyl (C=O) groups excluding carboxylic acids is 1. The average molecular weight is 260 g/mol. The van der Waals surface area contributed by atoms with Crippen LogP contribution in [-0.2, 0) is 11.3 Å². The highest BCUT2D eigenvalue weighted by atomic mass is 16.3. The smallest absolute Gasteiger partial charge is 0.227 e. The second-order valence-corrected chi connectivity index (χ2v) is 5.58. The van der Waals surface area contributed by atoms with Gasteiger partial charge in [0.15, 0.2) is 0 Å². The molecule has 4 heteroatoms. The van der Waals surface area contributed by atoms with E-state index in [1.807, 2.05) is 12.1 Å². The molecule has 1 amide bonds. The molecule has 1 heterocycles. The lowest BCUT2D eigenvalue weighted by atomic mass is 10.1. The van der Waals surface area contributed by atoms with Crippen molar-refractivity contribution in [1.82, 2.24) is 5.32 Å². The third-order valence-electron chi connectivity index (χ3n) is 3.88. The first kappa shape index (κ1) is 12.6. The molecule has 1 saturated carbocycles. The number of aliphatic hydroxyl groups excluding tert-OH is 1. The standard InChI is InChI=1S/C15H20N2O2/c18-10-12-7-15(19)17(9-12)14-5-1-11(2-6-14)8-16-13-3-4-13/h1-2,5-6,12-13,16,18H,3-4,7-10H2. The van der Waals surface area contributed by atoms with Gasteiger partial charge in [0.1, 0.15) is 0 Å². The molecule has 1 aliphatic carbocycles. The summed E-state index contributed by atoms with van der Waals surface area (Å²) in [5.41, 5.74) is 2.19. The summed E-state index contributed by atoms with van der Waals surface area (Å²) < 4.78 is 0. The molecule has 2 N–H and O–H groups in total. The molecule has 1 atom stereocenters. The summed E-state index contributed by atoms with van der Waals surface area (Å²) in [6.07, 6.45) is 3.05. The third-order valence-corrected chi connectivity index (χ3v) is 3.88. The highest BCUT2D eigenvalue weighted by Gasteiger charge is 2.29. The Morgan fingerprint density at radius 3 is 2.58 bits per heavy atom. The lowest BCUT2D eigenvalue weighted by Gasteiger charge is -2.17. The van der Waals surface area contributed by atoms with E-state index in [-0.39, 0.29) is 18.4 Å². The van der Waals surface area contributed by atoms with Crippen LogP contribution in [0.15, 0.2) is 24.3 Å². The molecule has 2 aliphatic rings. The minimum absolute atomic E-state index is 0.0868. The van der Waals surface area contributed by atoms with Gasteiger partial charge in [-0.1, -0.05) is 12.1 Å². The van der Waals surface area contributed by atoms with Crippen LogP contribution in [0.25, 0.3) is 0 Å². The Morgan fingerprint density at radius 2 is 2.00 bits per heavy atom. The van der Waals surface area contributed by atoms with E-state index in [2.05, 4.69) is 17.4 Å². The number of amides is 1. The molecule has 1 aromatic carbocycles. The van der Waals surface area contributed by atoms with Gasteiger partial charge in [0, 0.05) is 43.8 Å². The Hall–Kier alpha value is -1.39. The van der Waals surface area contributed by atoms with Crippen molar-refractivity contribution in [1.29, 1.82) is 0 Å². The van der Waals surface area contributed by atoms with Crippen molar-refractivity contribution in [3.63, 3.8) is 0 Å². The van der Waals surface area contributed by atoms with Gasteiger partial charge in [0.2, 0.25) is 5.91 Å². The molecule has 3 rings (SSSR count). The van der Waals surface area contributed by atoms with E-state index in [0.29, 0.717) is 19.0 Å². The Bertz CT molecular complexity index is 454. The molecule has 1 unspecified atom stereocenters. The maximum atomic E-state index is 11.9. The average Bonchev–Trinajstić information content (AvgIpc) is 3.19. The van der Waals surface area contributed by atoms with E-state index < -0.39 is 0 Å². The Kier molecular flexibility index (Phi) is 3.53. The summed E-state index contributed by atoms with van der Waals surface area (Å²) in [5, 5.41) is 12.6. The summed E-state index contributed by atoms with van der Waals surface area (Å²) in [6.45, 7) is 1.62.